The molecule has 0 saturated carbocycles. The summed E-state index contributed by atoms with van der Waals surface area (Å²) in [4.78, 5) is 30.5. The first-order valence-electron chi connectivity index (χ1n) is 10.2. The minimum Gasteiger partial charge on any atom is -0.493 e. The lowest BCUT2D eigenvalue weighted by atomic mass is 10.2. The third-order valence-electron chi connectivity index (χ3n) is 4.81. The molecule has 1 saturated heterocycles. The van der Waals surface area contributed by atoms with Crippen LogP contribution in [0.4, 0.5) is 15.6 Å². The maximum absolute atomic E-state index is 12.5. The molecule has 0 spiro atoms. The van der Waals surface area contributed by atoms with Gasteiger partial charge in [0.1, 0.15) is 5.75 Å². The molecular weight excluding hydrogens is 412 g/mol. The molecule has 0 atom stereocenters. The van der Waals surface area contributed by atoms with Gasteiger partial charge in [0.05, 0.1) is 18.7 Å². The van der Waals surface area contributed by atoms with Crippen molar-refractivity contribution in [3.8, 4) is 5.75 Å². The van der Waals surface area contributed by atoms with Crippen LogP contribution >= 0.6 is 11.3 Å². The molecular formula is C23H24N4O3S. The summed E-state index contributed by atoms with van der Waals surface area (Å²) in [6, 6.07) is 17.4. The highest BCUT2D eigenvalue weighted by molar-refractivity contribution is 7.14. The van der Waals surface area contributed by atoms with Crippen molar-refractivity contribution in [2.75, 3.05) is 29.9 Å². The summed E-state index contributed by atoms with van der Waals surface area (Å²) < 4.78 is 5.83. The Morgan fingerprint density at radius 2 is 2.06 bits per heavy atom. The first-order valence-corrected chi connectivity index (χ1v) is 11.1. The number of ether oxygens (including phenoxy) is 1. The molecule has 0 bridgehead atoms. The standard InChI is InChI=1S/C23H24N4O3S/c28-21(15-19-16-31-23(26-19)27-12-5-11-24-22(27)29)25-18-8-4-9-20(14-18)30-13-10-17-6-2-1-3-7-17/h1-4,6-9,14,16H,5,10-13,15H2,(H,24,29)(H,25,28). The van der Waals surface area contributed by atoms with E-state index in [0.717, 1.165) is 12.8 Å². The monoisotopic (exact) mass is 436 g/mol. The fourth-order valence-corrected chi connectivity index (χ4v) is 4.13. The molecule has 0 unspecified atom stereocenters. The van der Waals surface area contributed by atoms with E-state index in [1.807, 2.05) is 47.8 Å². The number of anilines is 2. The molecule has 0 radical (unpaired) electrons. The molecule has 31 heavy (non-hydrogen) atoms. The quantitative estimate of drug-likeness (QED) is 0.562. The molecule has 2 N–H and O–H groups in total. The van der Waals surface area contributed by atoms with E-state index >= 15 is 0 Å². The predicted octanol–water partition coefficient (Wildman–Crippen LogP) is 3.87. The molecule has 8 heteroatoms. The minimum atomic E-state index is -0.165. The summed E-state index contributed by atoms with van der Waals surface area (Å²) in [5.41, 5.74) is 2.54. The summed E-state index contributed by atoms with van der Waals surface area (Å²) in [5.74, 6) is 0.544. The smallest absolute Gasteiger partial charge is 0.323 e. The minimum absolute atomic E-state index is 0.138. The van der Waals surface area contributed by atoms with Gasteiger partial charge in [0, 0.05) is 36.6 Å². The van der Waals surface area contributed by atoms with Gasteiger partial charge in [0.15, 0.2) is 5.13 Å². The fourth-order valence-electron chi connectivity index (χ4n) is 3.28. The van der Waals surface area contributed by atoms with Crippen LogP contribution in [-0.2, 0) is 17.6 Å². The molecule has 2 heterocycles. The van der Waals surface area contributed by atoms with Crippen LogP contribution in [0.3, 0.4) is 0 Å². The molecule has 160 valence electrons. The van der Waals surface area contributed by atoms with Gasteiger partial charge in [-0.15, -0.1) is 11.3 Å². The molecule has 0 aliphatic carbocycles. The maximum Gasteiger partial charge on any atom is 0.323 e. The second-order valence-corrected chi connectivity index (χ2v) is 8.03. The Morgan fingerprint density at radius 1 is 1.19 bits per heavy atom. The van der Waals surface area contributed by atoms with Gasteiger partial charge < -0.3 is 15.4 Å². The van der Waals surface area contributed by atoms with Gasteiger partial charge in [-0.1, -0.05) is 36.4 Å². The average Bonchev–Trinajstić information content (AvgIpc) is 3.23. The number of carbonyl (C=O) groups is 2. The van der Waals surface area contributed by atoms with Crippen LogP contribution in [0, 0.1) is 0 Å². The van der Waals surface area contributed by atoms with Gasteiger partial charge in [-0.2, -0.15) is 0 Å². The molecule has 1 aliphatic rings. The third kappa shape index (κ3) is 5.82. The third-order valence-corrected chi connectivity index (χ3v) is 5.72. The van der Waals surface area contributed by atoms with Crippen LogP contribution in [0.1, 0.15) is 17.7 Å². The summed E-state index contributed by atoms with van der Waals surface area (Å²) in [5, 5.41) is 8.13. The van der Waals surface area contributed by atoms with E-state index in [2.05, 4.69) is 27.8 Å². The maximum atomic E-state index is 12.5. The van der Waals surface area contributed by atoms with Crippen molar-refractivity contribution in [2.24, 2.45) is 0 Å². The van der Waals surface area contributed by atoms with Crippen molar-refractivity contribution in [2.45, 2.75) is 19.3 Å². The average molecular weight is 437 g/mol. The van der Waals surface area contributed by atoms with Crippen LogP contribution < -0.4 is 20.3 Å². The van der Waals surface area contributed by atoms with Gasteiger partial charge >= 0.3 is 6.03 Å². The van der Waals surface area contributed by atoms with Crippen LogP contribution in [-0.4, -0.2) is 36.6 Å². The summed E-state index contributed by atoms with van der Waals surface area (Å²) >= 11 is 1.37. The van der Waals surface area contributed by atoms with Gasteiger partial charge in [-0.25, -0.2) is 9.78 Å². The number of amides is 3. The molecule has 3 aromatic rings. The van der Waals surface area contributed by atoms with Crippen molar-refractivity contribution in [3.63, 3.8) is 0 Å². The highest BCUT2D eigenvalue weighted by Crippen LogP contribution is 2.23. The molecule has 3 amide bonds. The molecule has 4 rings (SSSR count). The number of thiazole rings is 1. The number of carbonyl (C=O) groups excluding carboxylic acids is 2. The van der Waals surface area contributed by atoms with E-state index in [1.165, 1.54) is 16.9 Å². The molecule has 2 aromatic carbocycles. The van der Waals surface area contributed by atoms with E-state index in [0.29, 0.717) is 42.0 Å². The Kier molecular flexibility index (Phi) is 6.78. The van der Waals surface area contributed by atoms with E-state index in [4.69, 9.17) is 4.74 Å². The number of urea groups is 1. The van der Waals surface area contributed by atoms with Crippen molar-refractivity contribution < 1.29 is 14.3 Å². The first kappa shape index (κ1) is 20.9. The second kappa shape index (κ2) is 10.1. The fraction of sp³-hybridized carbons (Fsp3) is 0.261. The summed E-state index contributed by atoms with van der Waals surface area (Å²) in [7, 11) is 0. The van der Waals surface area contributed by atoms with Crippen LogP contribution in [0.15, 0.2) is 60.0 Å². The van der Waals surface area contributed by atoms with Crippen molar-refractivity contribution in [3.05, 3.63) is 71.2 Å². The van der Waals surface area contributed by atoms with Crippen LogP contribution in [0.25, 0.3) is 0 Å². The topological polar surface area (TPSA) is 83.6 Å². The summed E-state index contributed by atoms with van der Waals surface area (Å²) in [6.45, 7) is 1.89. The summed E-state index contributed by atoms with van der Waals surface area (Å²) in [6.07, 6.45) is 1.84. The van der Waals surface area contributed by atoms with Gasteiger partial charge in [-0.3, -0.25) is 9.69 Å². The Bertz CT molecular complexity index is 1040. The lowest BCUT2D eigenvalue weighted by molar-refractivity contribution is -0.115. The highest BCUT2D eigenvalue weighted by atomic mass is 32.1. The Morgan fingerprint density at radius 3 is 2.90 bits per heavy atom. The number of hydrogen-bond acceptors (Lipinski definition) is 5. The lowest BCUT2D eigenvalue weighted by Crippen LogP contribution is -2.46. The number of aromatic nitrogens is 1. The second-order valence-electron chi connectivity index (χ2n) is 7.20. The Labute approximate surface area is 185 Å². The van der Waals surface area contributed by atoms with E-state index in [1.54, 1.807) is 4.90 Å². The first-order chi connectivity index (χ1) is 15.2. The predicted molar refractivity (Wildman–Crippen MR) is 122 cm³/mol. The van der Waals surface area contributed by atoms with Crippen molar-refractivity contribution in [1.29, 1.82) is 0 Å². The Balaban J connectivity index is 1.28. The zero-order chi connectivity index (χ0) is 21.5. The highest BCUT2D eigenvalue weighted by Gasteiger charge is 2.22. The van der Waals surface area contributed by atoms with E-state index < -0.39 is 0 Å². The number of benzene rings is 2. The number of rotatable bonds is 8. The van der Waals surface area contributed by atoms with Crippen LogP contribution in [0.2, 0.25) is 0 Å². The molecule has 1 aromatic heterocycles. The number of hydrogen-bond donors (Lipinski definition) is 2. The normalized spacial score (nSPS) is 13.5. The Hall–Kier alpha value is -3.39. The molecule has 1 fully saturated rings. The van der Waals surface area contributed by atoms with Gasteiger partial charge in [-0.05, 0) is 24.1 Å². The number of nitrogens with zero attached hydrogens (tertiary/aromatic N) is 2. The number of nitrogens with one attached hydrogen (secondary N) is 2. The zero-order valence-electron chi connectivity index (χ0n) is 17.0. The van der Waals surface area contributed by atoms with Crippen molar-refractivity contribution in [1.82, 2.24) is 10.3 Å². The molecule has 1 aliphatic heterocycles. The van der Waals surface area contributed by atoms with E-state index in [9.17, 15) is 9.59 Å². The lowest BCUT2D eigenvalue weighted by Gasteiger charge is -2.24. The largest absolute Gasteiger partial charge is 0.493 e. The van der Waals surface area contributed by atoms with Crippen molar-refractivity contribution >= 4 is 34.1 Å². The SMILES string of the molecule is O=C(Cc1csc(N2CCCNC2=O)n1)Nc1cccc(OCCc2ccccc2)c1. The van der Waals surface area contributed by atoms with E-state index in [-0.39, 0.29) is 18.4 Å². The van der Waals surface area contributed by atoms with Gasteiger partial charge in [0.25, 0.3) is 0 Å². The van der Waals surface area contributed by atoms with Crippen LogP contribution in [0.5, 0.6) is 5.75 Å². The molecule has 7 nitrogen and oxygen atoms in total. The van der Waals surface area contributed by atoms with Gasteiger partial charge in [0.2, 0.25) is 5.91 Å². The zero-order valence-corrected chi connectivity index (χ0v) is 17.9.